The first-order valence-corrected chi connectivity index (χ1v) is 16.1. The molecule has 0 amide bonds. The van der Waals surface area contributed by atoms with Crippen molar-refractivity contribution in [1.82, 2.24) is 0 Å². The van der Waals surface area contributed by atoms with E-state index in [9.17, 15) is 13.0 Å². The van der Waals surface area contributed by atoms with Crippen LogP contribution in [-0.4, -0.2) is 19.6 Å². The van der Waals surface area contributed by atoms with Crippen LogP contribution in [-0.2, 0) is 14.6 Å². The Kier molecular flexibility index (Phi) is 32.7. The van der Waals surface area contributed by atoms with Gasteiger partial charge in [-0.25, -0.2) is 8.42 Å². The van der Waals surface area contributed by atoms with Crippen LogP contribution in [0.4, 0.5) is 0 Å². The molecule has 0 aromatic heterocycles. The van der Waals surface area contributed by atoms with Crippen molar-refractivity contribution in [3.63, 3.8) is 0 Å². The van der Waals surface area contributed by atoms with E-state index in [1.807, 2.05) is 0 Å². The third-order valence-corrected chi connectivity index (χ3v) is 7.16. The molecule has 0 radical (unpaired) electrons. The fraction of sp³-hybridized carbons (Fsp3) is 0.931. The fourth-order valence-corrected chi connectivity index (χ4v) is 4.86. The summed E-state index contributed by atoms with van der Waals surface area (Å²) in [5, 5.41) is 0. The van der Waals surface area contributed by atoms with Crippen molar-refractivity contribution in [3.05, 3.63) is 12.2 Å². The quantitative estimate of drug-likeness (QED) is 0.0384. The zero-order valence-corrected chi connectivity index (χ0v) is 27.7. The minimum Gasteiger partial charge on any atom is -0.726 e. The second-order valence-electron chi connectivity index (χ2n) is 10.2. The minimum absolute atomic E-state index is 0. The van der Waals surface area contributed by atoms with E-state index in [1.165, 1.54) is 128 Å². The van der Waals surface area contributed by atoms with Crippen LogP contribution in [0.25, 0.3) is 0 Å². The zero-order chi connectivity index (χ0) is 25.2. The Balaban J connectivity index is 0. The van der Waals surface area contributed by atoms with E-state index < -0.39 is 10.4 Å². The van der Waals surface area contributed by atoms with Crippen molar-refractivity contribution < 1.29 is 68.5 Å². The van der Waals surface area contributed by atoms with E-state index in [1.54, 1.807) is 0 Å². The normalized spacial score (nSPS) is 12.8. The summed E-state index contributed by atoms with van der Waals surface area (Å²) in [5.74, 6) is 0.0190. The summed E-state index contributed by atoms with van der Waals surface area (Å²) < 4.78 is 37.2. The fourth-order valence-electron chi connectivity index (χ4n) is 4.51. The molecular weight excluding hydrogens is 483 g/mol. The number of hydrogen-bond donors (Lipinski definition) is 0. The van der Waals surface area contributed by atoms with Gasteiger partial charge in [0, 0.05) is 5.92 Å². The van der Waals surface area contributed by atoms with Crippen molar-refractivity contribution in [2.45, 2.75) is 162 Å². The van der Waals surface area contributed by atoms with Crippen molar-refractivity contribution in [3.8, 4) is 0 Å². The molecule has 0 aromatic carbocycles. The average Bonchev–Trinajstić information content (AvgIpc) is 2.80. The Morgan fingerprint density at radius 2 is 1.00 bits per heavy atom. The summed E-state index contributed by atoms with van der Waals surface area (Å²) in [6, 6.07) is 0. The maximum atomic E-state index is 10.9. The predicted octanol–water partition coefficient (Wildman–Crippen LogP) is 6.65. The predicted molar refractivity (Wildman–Crippen MR) is 146 cm³/mol. The molecule has 1 atom stereocenters. The standard InChI is InChI=1S/C29H58O4S.K/c1-3-5-7-9-11-13-15-16-17-19-21-23-25-27-29(28-33-34(30,31)32)26-24-22-20-18-14-12-10-8-6-4-2;/h24,26,29H,3-23,25,27-28H2,1-2H3,(H,30,31,32);/q;+1/p-1/b26-24+;. The van der Waals surface area contributed by atoms with Crippen LogP contribution in [0.3, 0.4) is 0 Å². The molecule has 35 heavy (non-hydrogen) atoms. The van der Waals surface area contributed by atoms with E-state index in [4.69, 9.17) is 0 Å². The van der Waals surface area contributed by atoms with E-state index >= 15 is 0 Å². The first-order valence-electron chi connectivity index (χ1n) is 14.8. The van der Waals surface area contributed by atoms with Crippen LogP contribution in [0.1, 0.15) is 162 Å². The van der Waals surface area contributed by atoms with Gasteiger partial charge in [-0.3, -0.25) is 4.18 Å². The number of unbranched alkanes of at least 4 members (excludes halogenated alkanes) is 20. The van der Waals surface area contributed by atoms with Crippen LogP contribution in [0.5, 0.6) is 0 Å². The van der Waals surface area contributed by atoms with E-state index in [-0.39, 0.29) is 63.9 Å². The maximum absolute atomic E-state index is 10.9. The molecule has 0 bridgehead atoms. The van der Waals surface area contributed by atoms with E-state index in [0.717, 1.165) is 19.3 Å². The Morgan fingerprint density at radius 1 is 0.629 bits per heavy atom. The molecule has 0 fully saturated rings. The Bertz CT molecular complexity index is 537. The molecule has 0 aliphatic heterocycles. The van der Waals surface area contributed by atoms with Gasteiger partial charge in [0.05, 0.1) is 6.61 Å². The molecular formula is C29H57KO4S. The number of hydrogen-bond acceptors (Lipinski definition) is 4. The minimum atomic E-state index is -4.61. The van der Waals surface area contributed by atoms with Crippen LogP contribution in [0, 0.1) is 5.92 Å². The smallest absolute Gasteiger partial charge is 0.726 e. The van der Waals surface area contributed by atoms with Gasteiger partial charge >= 0.3 is 51.4 Å². The van der Waals surface area contributed by atoms with E-state index in [0.29, 0.717) is 0 Å². The SMILES string of the molecule is CCCCCCCCCC/C=C/C(CCCCCCCCCCCCCCC)COS(=O)(=O)[O-].[K+]. The van der Waals surface area contributed by atoms with Crippen LogP contribution < -0.4 is 51.4 Å². The Morgan fingerprint density at radius 3 is 1.40 bits per heavy atom. The summed E-state index contributed by atoms with van der Waals surface area (Å²) in [5.41, 5.74) is 0. The third-order valence-electron chi connectivity index (χ3n) is 6.74. The first-order chi connectivity index (χ1) is 16.5. The van der Waals surface area contributed by atoms with Crippen LogP contribution in [0.15, 0.2) is 12.2 Å². The third kappa shape index (κ3) is 33.2. The molecule has 0 rings (SSSR count). The molecule has 0 N–H and O–H groups in total. The summed E-state index contributed by atoms with van der Waals surface area (Å²) in [7, 11) is -4.61. The molecule has 0 aliphatic carbocycles. The molecule has 0 aliphatic rings. The van der Waals surface area contributed by atoms with Gasteiger partial charge in [-0.15, -0.1) is 0 Å². The van der Waals surface area contributed by atoms with Gasteiger partial charge < -0.3 is 4.55 Å². The Hall–Kier alpha value is 1.25. The molecule has 0 heterocycles. The van der Waals surface area contributed by atoms with Gasteiger partial charge in [-0.2, -0.15) is 0 Å². The summed E-state index contributed by atoms with van der Waals surface area (Å²) in [6.07, 6.45) is 33.7. The molecule has 0 saturated heterocycles. The average molecular weight is 541 g/mol. The summed E-state index contributed by atoms with van der Waals surface area (Å²) in [4.78, 5) is 0. The molecule has 0 spiro atoms. The monoisotopic (exact) mass is 540 g/mol. The summed E-state index contributed by atoms with van der Waals surface area (Å²) in [6.45, 7) is 4.49. The van der Waals surface area contributed by atoms with Gasteiger partial charge in [-0.05, 0) is 19.3 Å². The molecule has 0 saturated carbocycles. The molecule has 204 valence electrons. The van der Waals surface area contributed by atoms with Crippen molar-refractivity contribution in [2.75, 3.05) is 6.61 Å². The molecule has 0 aromatic rings. The Labute approximate surface area is 262 Å². The molecule has 6 heteroatoms. The topological polar surface area (TPSA) is 66.4 Å². The van der Waals surface area contributed by atoms with Gasteiger partial charge in [0.1, 0.15) is 0 Å². The van der Waals surface area contributed by atoms with Gasteiger partial charge in [0.2, 0.25) is 10.4 Å². The zero-order valence-electron chi connectivity index (χ0n) is 23.7. The summed E-state index contributed by atoms with van der Waals surface area (Å²) >= 11 is 0. The first kappa shape index (κ1) is 38.4. The van der Waals surface area contributed by atoms with Crippen LogP contribution >= 0.6 is 0 Å². The molecule has 1 unspecified atom stereocenters. The second kappa shape index (κ2) is 29.8. The molecule has 4 nitrogen and oxygen atoms in total. The van der Waals surface area contributed by atoms with Crippen molar-refractivity contribution in [1.29, 1.82) is 0 Å². The van der Waals surface area contributed by atoms with Gasteiger partial charge in [0.15, 0.2) is 0 Å². The largest absolute Gasteiger partial charge is 1.00 e. The maximum Gasteiger partial charge on any atom is 1.00 e. The van der Waals surface area contributed by atoms with Crippen molar-refractivity contribution in [2.24, 2.45) is 5.92 Å². The van der Waals surface area contributed by atoms with Gasteiger partial charge in [-0.1, -0.05) is 154 Å². The van der Waals surface area contributed by atoms with Gasteiger partial charge in [0.25, 0.3) is 0 Å². The van der Waals surface area contributed by atoms with E-state index in [2.05, 4.69) is 30.2 Å². The number of allylic oxidation sites excluding steroid dienone is 1. The van der Waals surface area contributed by atoms with Crippen LogP contribution in [0.2, 0.25) is 0 Å². The number of rotatable bonds is 27. The van der Waals surface area contributed by atoms with Crippen molar-refractivity contribution >= 4 is 10.4 Å². The second-order valence-corrected chi connectivity index (χ2v) is 11.2.